The lowest BCUT2D eigenvalue weighted by Gasteiger charge is -2.21. The SMILES string of the molecule is CCN(CC)c1ccc(NC(=O)CNc2nccs2)cc1. The highest BCUT2D eigenvalue weighted by atomic mass is 32.1. The van der Waals surface area contributed by atoms with Crippen LogP contribution >= 0.6 is 11.3 Å². The summed E-state index contributed by atoms with van der Waals surface area (Å²) in [6.45, 7) is 6.41. The maximum Gasteiger partial charge on any atom is 0.243 e. The van der Waals surface area contributed by atoms with E-state index in [2.05, 4.69) is 34.4 Å². The summed E-state index contributed by atoms with van der Waals surface area (Å²) in [4.78, 5) is 18.2. The Morgan fingerprint density at radius 3 is 2.52 bits per heavy atom. The second kappa shape index (κ2) is 7.64. The summed E-state index contributed by atoms with van der Waals surface area (Å²) >= 11 is 1.47. The number of benzene rings is 1. The second-order valence-corrected chi connectivity index (χ2v) is 5.35. The Morgan fingerprint density at radius 2 is 1.95 bits per heavy atom. The average Bonchev–Trinajstić information content (AvgIpc) is 3.01. The molecule has 0 radical (unpaired) electrons. The van der Waals surface area contributed by atoms with Crippen LogP contribution in [0.25, 0.3) is 0 Å². The number of thiazole rings is 1. The molecule has 0 fully saturated rings. The summed E-state index contributed by atoms with van der Waals surface area (Å²) in [7, 11) is 0. The van der Waals surface area contributed by atoms with Crippen LogP contribution in [-0.2, 0) is 4.79 Å². The van der Waals surface area contributed by atoms with Crippen LogP contribution in [0.1, 0.15) is 13.8 Å². The molecule has 5 nitrogen and oxygen atoms in total. The van der Waals surface area contributed by atoms with Crippen molar-refractivity contribution in [2.45, 2.75) is 13.8 Å². The molecule has 0 bridgehead atoms. The molecular formula is C15H20N4OS. The fourth-order valence-corrected chi connectivity index (χ4v) is 2.54. The van der Waals surface area contributed by atoms with Gasteiger partial charge in [-0.2, -0.15) is 0 Å². The fourth-order valence-electron chi connectivity index (χ4n) is 2.02. The molecule has 1 aromatic carbocycles. The summed E-state index contributed by atoms with van der Waals surface area (Å²) in [6.07, 6.45) is 1.71. The smallest absolute Gasteiger partial charge is 0.243 e. The number of hydrogen-bond donors (Lipinski definition) is 2. The maximum atomic E-state index is 11.8. The number of nitrogens with zero attached hydrogens (tertiary/aromatic N) is 2. The molecule has 6 heteroatoms. The van der Waals surface area contributed by atoms with Gasteiger partial charge in [-0.3, -0.25) is 4.79 Å². The molecule has 0 aliphatic carbocycles. The molecule has 1 amide bonds. The quantitative estimate of drug-likeness (QED) is 0.825. The van der Waals surface area contributed by atoms with Crippen molar-refractivity contribution in [1.29, 1.82) is 0 Å². The van der Waals surface area contributed by atoms with Gasteiger partial charge in [0.2, 0.25) is 5.91 Å². The summed E-state index contributed by atoms with van der Waals surface area (Å²) in [6, 6.07) is 7.90. The summed E-state index contributed by atoms with van der Waals surface area (Å²) in [5, 5.41) is 8.46. The molecule has 0 unspecified atom stereocenters. The van der Waals surface area contributed by atoms with Crippen molar-refractivity contribution >= 4 is 33.8 Å². The standard InChI is InChI=1S/C15H20N4OS/c1-3-19(4-2)13-7-5-12(6-8-13)18-14(20)11-17-15-16-9-10-21-15/h5-10H,3-4,11H2,1-2H3,(H,16,17)(H,18,20). The highest BCUT2D eigenvalue weighted by Crippen LogP contribution is 2.17. The van der Waals surface area contributed by atoms with Crippen LogP contribution in [-0.4, -0.2) is 30.5 Å². The Morgan fingerprint density at radius 1 is 1.24 bits per heavy atom. The zero-order valence-corrected chi connectivity index (χ0v) is 13.1. The van der Waals surface area contributed by atoms with Crippen molar-refractivity contribution in [2.75, 3.05) is 35.2 Å². The molecule has 21 heavy (non-hydrogen) atoms. The molecule has 1 aromatic heterocycles. The van der Waals surface area contributed by atoms with Crippen molar-refractivity contribution < 1.29 is 4.79 Å². The van der Waals surface area contributed by atoms with Gasteiger partial charge in [0.15, 0.2) is 5.13 Å². The number of aromatic nitrogens is 1. The highest BCUT2D eigenvalue weighted by molar-refractivity contribution is 7.13. The molecule has 0 atom stereocenters. The van der Waals surface area contributed by atoms with Crippen molar-refractivity contribution in [3.05, 3.63) is 35.8 Å². The first kappa shape index (κ1) is 15.3. The molecule has 2 rings (SSSR count). The van der Waals surface area contributed by atoms with Crippen molar-refractivity contribution in [2.24, 2.45) is 0 Å². The van der Waals surface area contributed by atoms with E-state index in [1.807, 2.05) is 29.6 Å². The first-order valence-corrected chi connectivity index (χ1v) is 7.89. The predicted molar refractivity (Wildman–Crippen MR) is 89.2 cm³/mol. The monoisotopic (exact) mass is 304 g/mol. The Hall–Kier alpha value is -2.08. The lowest BCUT2D eigenvalue weighted by Crippen LogP contribution is -2.22. The van der Waals surface area contributed by atoms with Gasteiger partial charge in [0.25, 0.3) is 0 Å². The van der Waals surface area contributed by atoms with Crippen molar-refractivity contribution in [3.8, 4) is 0 Å². The van der Waals surface area contributed by atoms with E-state index in [1.54, 1.807) is 6.20 Å². The summed E-state index contributed by atoms with van der Waals surface area (Å²) in [5.74, 6) is -0.0826. The molecule has 1 heterocycles. The molecule has 112 valence electrons. The lowest BCUT2D eigenvalue weighted by molar-refractivity contribution is -0.114. The van der Waals surface area contributed by atoms with Crippen LogP contribution in [0.4, 0.5) is 16.5 Å². The van der Waals surface area contributed by atoms with Crippen LogP contribution in [0.15, 0.2) is 35.8 Å². The van der Waals surface area contributed by atoms with Gasteiger partial charge in [0, 0.05) is 36.0 Å². The third-order valence-electron chi connectivity index (χ3n) is 3.11. The van der Waals surface area contributed by atoms with E-state index in [4.69, 9.17) is 0 Å². The van der Waals surface area contributed by atoms with Crippen LogP contribution in [0.3, 0.4) is 0 Å². The van der Waals surface area contributed by atoms with E-state index in [9.17, 15) is 4.79 Å². The van der Waals surface area contributed by atoms with Gasteiger partial charge in [-0.15, -0.1) is 11.3 Å². The first-order chi connectivity index (χ1) is 10.2. The number of hydrogen-bond acceptors (Lipinski definition) is 5. The van der Waals surface area contributed by atoms with E-state index >= 15 is 0 Å². The number of carbonyl (C=O) groups is 1. The van der Waals surface area contributed by atoms with Gasteiger partial charge in [0.05, 0.1) is 6.54 Å². The van der Waals surface area contributed by atoms with Crippen LogP contribution in [0, 0.1) is 0 Å². The minimum atomic E-state index is -0.0826. The number of carbonyl (C=O) groups excluding carboxylic acids is 1. The van der Waals surface area contributed by atoms with Crippen LogP contribution in [0.5, 0.6) is 0 Å². The van der Waals surface area contributed by atoms with E-state index in [-0.39, 0.29) is 12.5 Å². The van der Waals surface area contributed by atoms with Gasteiger partial charge in [-0.1, -0.05) is 0 Å². The Balaban J connectivity index is 1.86. The zero-order valence-electron chi connectivity index (χ0n) is 12.3. The fraction of sp³-hybridized carbons (Fsp3) is 0.333. The van der Waals surface area contributed by atoms with Crippen LogP contribution < -0.4 is 15.5 Å². The molecule has 2 N–H and O–H groups in total. The summed E-state index contributed by atoms with van der Waals surface area (Å²) < 4.78 is 0. The molecule has 0 spiro atoms. The topological polar surface area (TPSA) is 57.3 Å². The largest absolute Gasteiger partial charge is 0.372 e. The first-order valence-electron chi connectivity index (χ1n) is 7.01. The summed E-state index contributed by atoms with van der Waals surface area (Å²) in [5.41, 5.74) is 1.97. The molecular weight excluding hydrogens is 284 g/mol. The normalized spacial score (nSPS) is 10.2. The maximum absolute atomic E-state index is 11.8. The van der Waals surface area contributed by atoms with E-state index in [0.717, 1.165) is 23.9 Å². The molecule has 0 aliphatic rings. The van der Waals surface area contributed by atoms with Gasteiger partial charge in [0.1, 0.15) is 0 Å². The van der Waals surface area contributed by atoms with Gasteiger partial charge < -0.3 is 15.5 Å². The molecule has 0 aliphatic heterocycles. The van der Waals surface area contributed by atoms with Gasteiger partial charge in [-0.25, -0.2) is 4.98 Å². The minimum absolute atomic E-state index is 0.0826. The number of anilines is 3. The van der Waals surface area contributed by atoms with E-state index in [0.29, 0.717) is 0 Å². The van der Waals surface area contributed by atoms with Gasteiger partial charge in [-0.05, 0) is 38.1 Å². The zero-order chi connectivity index (χ0) is 15.1. The second-order valence-electron chi connectivity index (χ2n) is 4.46. The predicted octanol–water partition coefficient (Wildman–Crippen LogP) is 3.04. The molecule has 0 saturated carbocycles. The Kier molecular flexibility index (Phi) is 5.57. The van der Waals surface area contributed by atoms with E-state index in [1.165, 1.54) is 17.0 Å². The number of amides is 1. The highest BCUT2D eigenvalue weighted by Gasteiger charge is 2.05. The molecule has 0 saturated heterocycles. The third-order valence-corrected chi connectivity index (χ3v) is 3.84. The lowest BCUT2D eigenvalue weighted by atomic mass is 10.2. The van der Waals surface area contributed by atoms with Crippen molar-refractivity contribution in [1.82, 2.24) is 4.98 Å². The Bertz CT molecular complexity index is 550. The van der Waals surface area contributed by atoms with Gasteiger partial charge >= 0.3 is 0 Å². The number of rotatable bonds is 7. The number of nitrogens with one attached hydrogen (secondary N) is 2. The molecule has 2 aromatic rings. The van der Waals surface area contributed by atoms with E-state index < -0.39 is 0 Å². The average molecular weight is 304 g/mol. The Labute approximate surface area is 129 Å². The third kappa shape index (κ3) is 4.46. The van der Waals surface area contributed by atoms with Crippen LogP contribution in [0.2, 0.25) is 0 Å². The minimum Gasteiger partial charge on any atom is -0.372 e. The van der Waals surface area contributed by atoms with Crippen molar-refractivity contribution in [3.63, 3.8) is 0 Å².